The Morgan fingerprint density at radius 2 is 1.86 bits per heavy atom. The fourth-order valence-electron chi connectivity index (χ4n) is 4.92. The second-order valence-corrected chi connectivity index (χ2v) is 8.82. The molecule has 1 atom stereocenters. The molecule has 3 heterocycles. The van der Waals surface area contributed by atoms with Crippen LogP contribution in [0, 0.1) is 33.1 Å². The van der Waals surface area contributed by atoms with Gasteiger partial charge in [0, 0.05) is 35.7 Å². The van der Waals surface area contributed by atoms with Crippen molar-refractivity contribution in [2.24, 2.45) is 5.41 Å². The smallest absolute Gasteiger partial charge is 0.251 e. The zero-order chi connectivity index (χ0) is 20.6. The monoisotopic (exact) mass is 393 g/mol. The van der Waals surface area contributed by atoms with Gasteiger partial charge in [0.2, 0.25) is 5.91 Å². The summed E-state index contributed by atoms with van der Waals surface area (Å²) in [6.07, 6.45) is 10.8. The van der Waals surface area contributed by atoms with Crippen LogP contribution in [0.1, 0.15) is 60.4 Å². The Labute approximate surface area is 173 Å². The molecule has 6 heteroatoms. The Morgan fingerprint density at radius 1 is 1.10 bits per heavy atom. The number of likely N-dealkylation sites (tertiary alicyclic amines) is 1. The maximum atomic E-state index is 13.2. The fraction of sp³-hybridized carbons (Fsp3) is 0.565. The number of aryl methyl sites for hydroxylation is 3. The van der Waals surface area contributed by atoms with Crippen LogP contribution in [-0.4, -0.2) is 43.6 Å². The molecule has 29 heavy (non-hydrogen) atoms. The lowest BCUT2D eigenvalue weighted by Crippen LogP contribution is -2.47. The van der Waals surface area contributed by atoms with Gasteiger partial charge in [-0.2, -0.15) is 5.10 Å². The number of carbonyl (C=O) groups excluding carboxylic acids is 1. The van der Waals surface area contributed by atoms with Crippen molar-refractivity contribution in [3.05, 3.63) is 46.6 Å². The summed E-state index contributed by atoms with van der Waals surface area (Å²) >= 11 is 0. The summed E-state index contributed by atoms with van der Waals surface area (Å²) < 4.78 is 1.78. The Kier molecular flexibility index (Phi) is 5.28. The van der Waals surface area contributed by atoms with E-state index < -0.39 is 0 Å². The molecule has 0 radical (unpaired) electrons. The molecule has 1 saturated heterocycles. The molecule has 1 aliphatic heterocycles. The topological polar surface area (TPSA) is 63.9 Å². The number of nitrogens with zero attached hydrogens (tertiary/aromatic N) is 5. The Hall–Kier alpha value is -2.50. The standard InChI is InChI=1S/C23H31N5O/c1-16-13-17(2)25-22(24-16)28-19(4)20(18(3)26-28)14-21(29)27-12-8-11-23(15-27)9-6-5-7-10-23/h5-6,13H,7-12,14-15H2,1-4H3. The highest BCUT2D eigenvalue weighted by atomic mass is 16.2. The van der Waals surface area contributed by atoms with E-state index in [0.717, 1.165) is 60.7 Å². The predicted octanol–water partition coefficient (Wildman–Crippen LogP) is 3.79. The van der Waals surface area contributed by atoms with Gasteiger partial charge in [0.25, 0.3) is 5.95 Å². The summed E-state index contributed by atoms with van der Waals surface area (Å²) in [6.45, 7) is 9.66. The lowest BCUT2D eigenvalue weighted by molar-refractivity contribution is -0.134. The van der Waals surface area contributed by atoms with E-state index in [9.17, 15) is 4.79 Å². The third-order valence-corrected chi connectivity index (χ3v) is 6.50. The van der Waals surface area contributed by atoms with Gasteiger partial charge >= 0.3 is 0 Å². The minimum absolute atomic E-state index is 0.214. The van der Waals surface area contributed by atoms with Gasteiger partial charge in [-0.05, 0) is 71.3 Å². The molecule has 1 unspecified atom stereocenters. The Bertz CT molecular complexity index is 940. The quantitative estimate of drug-likeness (QED) is 0.745. The van der Waals surface area contributed by atoms with Crippen LogP contribution in [0.3, 0.4) is 0 Å². The Balaban J connectivity index is 1.54. The van der Waals surface area contributed by atoms with Crippen LogP contribution in [0.15, 0.2) is 18.2 Å². The first kappa shape index (κ1) is 19.8. The Morgan fingerprint density at radius 3 is 2.55 bits per heavy atom. The van der Waals surface area contributed by atoms with Crippen LogP contribution in [0.5, 0.6) is 0 Å². The minimum Gasteiger partial charge on any atom is -0.342 e. The van der Waals surface area contributed by atoms with E-state index in [1.807, 2.05) is 33.8 Å². The highest BCUT2D eigenvalue weighted by Gasteiger charge is 2.37. The highest BCUT2D eigenvalue weighted by molar-refractivity contribution is 5.79. The van der Waals surface area contributed by atoms with Crippen molar-refractivity contribution in [1.82, 2.24) is 24.6 Å². The van der Waals surface area contributed by atoms with Crippen LogP contribution < -0.4 is 0 Å². The molecule has 1 amide bonds. The van der Waals surface area contributed by atoms with E-state index in [0.29, 0.717) is 17.8 Å². The molecule has 2 aromatic heterocycles. The summed E-state index contributed by atoms with van der Waals surface area (Å²) in [5, 5.41) is 4.66. The van der Waals surface area contributed by atoms with Gasteiger partial charge in [0.05, 0.1) is 12.1 Å². The second-order valence-electron chi connectivity index (χ2n) is 8.82. The molecule has 6 nitrogen and oxygen atoms in total. The molecule has 1 fully saturated rings. The highest BCUT2D eigenvalue weighted by Crippen LogP contribution is 2.40. The maximum absolute atomic E-state index is 13.2. The summed E-state index contributed by atoms with van der Waals surface area (Å²) in [4.78, 5) is 24.3. The van der Waals surface area contributed by atoms with Crippen LogP contribution in [0.2, 0.25) is 0 Å². The van der Waals surface area contributed by atoms with Crippen LogP contribution in [0.25, 0.3) is 5.95 Å². The van der Waals surface area contributed by atoms with Crippen LogP contribution in [0.4, 0.5) is 0 Å². The van der Waals surface area contributed by atoms with Crippen molar-refractivity contribution in [3.8, 4) is 5.95 Å². The van der Waals surface area contributed by atoms with E-state index in [4.69, 9.17) is 0 Å². The van der Waals surface area contributed by atoms with E-state index >= 15 is 0 Å². The van der Waals surface area contributed by atoms with Gasteiger partial charge in [-0.3, -0.25) is 4.79 Å². The summed E-state index contributed by atoms with van der Waals surface area (Å²) in [5.41, 5.74) is 4.96. The average Bonchev–Trinajstić information content (AvgIpc) is 2.96. The number of aromatic nitrogens is 4. The molecule has 4 rings (SSSR count). The predicted molar refractivity (Wildman–Crippen MR) is 113 cm³/mol. The minimum atomic E-state index is 0.214. The van der Waals surface area contributed by atoms with E-state index in [-0.39, 0.29) is 5.91 Å². The number of amides is 1. The van der Waals surface area contributed by atoms with E-state index in [1.165, 1.54) is 12.8 Å². The number of piperidine rings is 1. The summed E-state index contributed by atoms with van der Waals surface area (Å²) in [6, 6.07) is 1.95. The van der Waals surface area contributed by atoms with Gasteiger partial charge in [-0.25, -0.2) is 14.6 Å². The lowest BCUT2D eigenvalue weighted by Gasteiger charge is -2.44. The molecule has 0 N–H and O–H groups in total. The van der Waals surface area contributed by atoms with Crippen LogP contribution >= 0.6 is 0 Å². The second kappa shape index (κ2) is 7.73. The molecule has 1 spiro atoms. The van der Waals surface area contributed by atoms with Crippen molar-refractivity contribution in [2.45, 2.75) is 66.2 Å². The molecule has 0 saturated carbocycles. The van der Waals surface area contributed by atoms with Gasteiger partial charge in [0.1, 0.15) is 0 Å². The zero-order valence-electron chi connectivity index (χ0n) is 18.0. The summed E-state index contributed by atoms with van der Waals surface area (Å²) in [5.74, 6) is 0.790. The van der Waals surface area contributed by atoms with Crippen molar-refractivity contribution in [2.75, 3.05) is 13.1 Å². The van der Waals surface area contributed by atoms with Gasteiger partial charge in [0.15, 0.2) is 0 Å². The normalized spacial score (nSPS) is 21.7. The number of hydrogen-bond donors (Lipinski definition) is 0. The average molecular weight is 394 g/mol. The van der Waals surface area contributed by atoms with Crippen molar-refractivity contribution in [1.29, 1.82) is 0 Å². The number of hydrogen-bond acceptors (Lipinski definition) is 4. The molecule has 1 aliphatic carbocycles. The van der Waals surface area contributed by atoms with Crippen molar-refractivity contribution >= 4 is 5.91 Å². The number of carbonyl (C=O) groups is 1. The first-order valence-electron chi connectivity index (χ1n) is 10.7. The van der Waals surface area contributed by atoms with E-state index in [1.54, 1.807) is 4.68 Å². The fourth-order valence-corrected chi connectivity index (χ4v) is 4.92. The lowest BCUT2D eigenvalue weighted by atomic mass is 9.71. The van der Waals surface area contributed by atoms with Gasteiger partial charge in [-0.1, -0.05) is 12.2 Å². The molecule has 0 aromatic carbocycles. The molecule has 2 aromatic rings. The van der Waals surface area contributed by atoms with Gasteiger partial charge < -0.3 is 4.90 Å². The van der Waals surface area contributed by atoms with Crippen molar-refractivity contribution < 1.29 is 4.79 Å². The van der Waals surface area contributed by atoms with Crippen molar-refractivity contribution in [3.63, 3.8) is 0 Å². The molecular weight excluding hydrogens is 362 g/mol. The molecule has 0 bridgehead atoms. The maximum Gasteiger partial charge on any atom is 0.251 e. The third kappa shape index (κ3) is 3.98. The third-order valence-electron chi connectivity index (χ3n) is 6.50. The largest absolute Gasteiger partial charge is 0.342 e. The zero-order valence-corrected chi connectivity index (χ0v) is 18.0. The first-order chi connectivity index (χ1) is 13.9. The van der Waals surface area contributed by atoms with Gasteiger partial charge in [-0.15, -0.1) is 0 Å². The SMILES string of the molecule is Cc1cc(C)nc(-n2nc(C)c(CC(=O)N3CCCC4(CC=CCC4)C3)c2C)n1. The number of allylic oxidation sites excluding steroid dienone is 2. The van der Waals surface area contributed by atoms with E-state index in [2.05, 4.69) is 32.1 Å². The number of rotatable bonds is 3. The molecule has 2 aliphatic rings. The first-order valence-corrected chi connectivity index (χ1v) is 10.7. The van der Waals surface area contributed by atoms with Crippen LogP contribution in [-0.2, 0) is 11.2 Å². The summed E-state index contributed by atoms with van der Waals surface area (Å²) in [7, 11) is 0. The molecular formula is C23H31N5O. The molecule has 154 valence electrons.